The first-order valence-electron chi connectivity index (χ1n) is 4.24. The number of rotatable bonds is 2. The lowest BCUT2D eigenvalue weighted by Crippen LogP contribution is -2.55. The summed E-state index contributed by atoms with van der Waals surface area (Å²) >= 11 is 0. The van der Waals surface area contributed by atoms with E-state index in [0.29, 0.717) is 4.59 Å². The minimum absolute atomic E-state index is 0.287. The van der Waals surface area contributed by atoms with Crippen LogP contribution in [0.15, 0.2) is 0 Å². The molecular weight excluding hydrogens is 156 g/mol. The van der Waals surface area contributed by atoms with Gasteiger partial charge in [0.25, 0.3) is 0 Å². The maximum atomic E-state index is 10.8. The molecule has 1 aliphatic heterocycles. The number of hydrogen-bond donors (Lipinski definition) is 1. The lowest BCUT2D eigenvalue weighted by molar-refractivity contribution is -0.987. The van der Waals surface area contributed by atoms with Crippen LogP contribution in [0.1, 0.15) is 12.8 Å². The summed E-state index contributed by atoms with van der Waals surface area (Å²) in [5, 5.41) is 10.9. The molecule has 12 heavy (non-hydrogen) atoms. The fourth-order valence-electron chi connectivity index (χ4n) is 1.72. The van der Waals surface area contributed by atoms with Gasteiger partial charge in [-0.05, 0) is 12.8 Å². The second kappa shape index (κ2) is 3.03. The maximum absolute atomic E-state index is 10.8. The van der Waals surface area contributed by atoms with Crippen molar-refractivity contribution in [2.75, 3.05) is 27.7 Å². The summed E-state index contributed by atoms with van der Waals surface area (Å²) in [6, 6.07) is -0.287. The highest BCUT2D eigenvalue weighted by atomic mass is 16.4. The standard InChI is InChI=1S/C8H16N2O2/c1-10(2,3)9-6-4-5-7(9)8(11)12/h7H,4-6H2,1-3H3/p+1/t7-/m0/s1. The van der Waals surface area contributed by atoms with Crippen LogP contribution in [-0.4, -0.2) is 54.4 Å². The van der Waals surface area contributed by atoms with Gasteiger partial charge in [-0.2, -0.15) is 0 Å². The van der Waals surface area contributed by atoms with Gasteiger partial charge in [-0.1, -0.05) is 0 Å². The highest BCUT2D eigenvalue weighted by molar-refractivity contribution is 5.73. The Hall–Kier alpha value is -0.610. The van der Waals surface area contributed by atoms with Crippen LogP contribution in [0, 0.1) is 0 Å². The summed E-state index contributed by atoms with van der Waals surface area (Å²) in [5.74, 6) is -0.694. The molecular formula is C8H17N2O2+. The molecule has 0 saturated carbocycles. The largest absolute Gasteiger partial charge is 0.480 e. The third kappa shape index (κ3) is 1.76. The number of carboxylic acid groups (broad SMARTS) is 1. The second-order valence-corrected chi connectivity index (χ2v) is 4.10. The van der Waals surface area contributed by atoms with Crippen molar-refractivity contribution in [1.82, 2.24) is 5.01 Å². The normalized spacial score (nSPS) is 26.1. The van der Waals surface area contributed by atoms with Gasteiger partial charge in [0.1, 0.15) is 0 Å². The first kappa shape index (κ1) is 9.48. The summed E-state index contributed by atoms with van der Waals surface area (Å²) in [6.07, 6.45) is 1.78. The Balaban J connectivity index is 2.71. The van der Waals surface area contributed by atoms with E-state index in [0.717, 1.165) is 19.4 Å². The van der Waals surface area contributed by atoms with Gasteiger partial charge < -0.3 is 5.11 Å². The molecule has 70 valence electrons. The van der Waals surface area contributed by atoms with Crippen molar-refractivity contribution in [3.8, 4) is 0 Å². The summed E-state index contributed by atoms with van der Waals surface area (Å²) in [4.78, 5) is 10.8. The van der Waals surface area contributed by atoms with Crippen LogP contribution in [0.5, 0.6) is 0 Å². The van der Waals surface area contributed by atoms with Crippen molar-refractivity contribution in [3.05, 3.63) is 0 Å². The van der Waals surface area contributed by atoms with Gasteiger partial charge in [0.05, 0.1) is 21.1 Å². The van der Waals surface area contributed by atoms with Crippen molar-refractivity contribution < 1.29 is 14.5 Å². The van der Waals surface area contributed by atoms with E-state index < -0.39 is 5.97 Å². The molecule has 1 atom stereocenters. The lowest BCUT2D eigenvalue weighted by atomic mass is 10.2. The summed E-state index contributed by atoms with van der Waals surface area (Å²) in [7, 11) is 6.00. The van der Waals surface area contributed by atoms with E-state index in [2.05, 4.69) is 0 Å². The highest BCUT2D eigenvalue weighted by Gasteiger charge is 2.38. The Bertz CT molecular complexity index is 186. The molecule has 0 aromatic rings. The van der Waals surface area contributed by atoms with Gasteiger partial charge in [0.15, 0.2) is 6.04 Å². The molecule has 0 aromatic carbocycles. The van der Waals surface area contributed by atoms with E-state index in [9.17, 15) is 4.79 Å². The fraction of sp³-hybridized carbons (Fsp3) is 0.875. The molecule has 1 aliphatic rings. The first-order chi connectivity index (χ1) is 5.43. The zero-order chi connectivity index (χ0) is 9.35. The molecule has 4 nitrogen and oxygen atoms in total. The first-order valence-corrected chi connectivity index (χ1v) is 4.24. The van der Waals surface area contributed by atoms with E-state index in [-0.39, 0.29) is 6.04 Å². The molecule has 1 saturated heterocycles. The second-order valence-electron chi connectivity index (χ2n) is 4.10. The molecule has 1 rings (SSSR count). The van der Waals surface area contributed by atoms with Crippen molar-refractivity contribution in [2.45, 2.75) is 18.9 Å². The summed E-state index contributed by atoms with van der Waals surface area (Å²) < 4.78 is 0.608. The third-order valence-corrected chi connectivity index (χ3v) is 2.28. The number of carboxylic acids is 1. The predicted octanol–water partition coefficient (Wildman–Crippen LogP) is 0.157. The zero-order valence-electron chi connectivity index (χ0n) is 7.95. The fourth-order valence-corrected chi connectivity index (χ4v) is 1.72. The van der Waals surface area contributed by atoms with E-state index in [1.165, 1.54) is 0 Å². The Morgan fingerprint density at radius 3 is 2.42 bits per heavy atom. The minimum Gasteiger partial charge on any atom is -0.480 e. The van der Waals surface area contributed by atoms with Crippen molar-refractivity contribution in [2.24, 2.45) is 0 Å². The average Bonchev–Trinajstić information content (AvgIpc) is 2.30. The predicted molar refractivity (Wildman–Crippen MR) is 45.4 cm³/mol. The number of nitrogens with zero attached hydrogens (tertiary/aromatic N) is 2. The van der Waals surface area contributed by atoms with Crippen LogP contribution in [-0.2, 0) is 4.79 Å². The molecule has 1 fully saturated rings. The smallest absolute Gasteiger partial charge is 0.326 e. The molecule has 0 aromatic heterocycles. The van der Waals surface area contributed by atoms with Crippen LogP contribution in [0.4, 0.5) is 0 Å². The Morgan fingerprint density at radius 2 is 2.08 bits per heavy atom. The zero-order valence-corrected chi connectivity index (χ0v) is 7.95. The van der Waals surface area contributed by atoms with Gasteiger partial charge in [-0.25, -0.2) is 4.59 Å². The SMILES string of the molecule is C[N+](C)(C)N1CCC[C@H]1C(=O)O. The van der Waals surface area contributed by atoms with Crippen molar-refractivity contribution in [3.63, 3.8) is 0 Å². The highest BCUT2D eigenvalue weighted by Crippen LogP contribution is 2.21. The Morgan fingerprint density at radius 1 is 1.50 bits per heavy atom. The molecule has 0 spiro atoms. The average molecular weight is 173 g/mol. The van der Waals surface area contributed by atoms with E-state index in [4.69, 9.17) is 5.11 Å². The molecule has 0 aliphatic carbocycles. The number of quaternary nitrogens is 1. The minimum atomic E-state index is -0.694. The molecule has 0 radical (unpaired) electrons. The molecule has 0 unspecified atom stereocenters. The van der Waals surface area contributed by atoms with Crippen LogP contribution in [0.25, 0.3) is 0 Å². The molecule has 0 bridgehead atoms. The molecule has 1 N–H and O–H groups in total. The maximum Gasteiger partial charge on any atom is 0.326 e. The van der Waals surface area contributed by atoms with E-state index >= 15 is 0 Å². The third-order valence-electron chi connectivity index (χ3n) is 2.28. The van der Waals surface area contributed by atoms with E-state index in [1.807, 2.05) is 26.2 Å². The monoisotopic (exact) mass is 173 g/mol. The number of aliphatic carboxylic acids is 1. The molecule has 1 heterocycles. The van der Waals surface area contributed by atoms with Gasteiger partial charge >= 0.3 is 5.97 Å². The summed E-state index contributed by atoms with van der Waals surface area (Å²) in [6.45, 7) is 0.889. The van der Waals surface area contributed by atoms with Crippen LogP contribution in [0.2, 0.25) is 0 Å². The topological polar surface area (TPSA) is 40.5 Å². The van der Waals surface area contributed by atoms with Gasteiger partial charge in [0, 0.05) is 6.54 Å². The number of carbonyl (C=O) groups is 1. The Labute approximate surface area is 72.9 Å². The lowest BCUT2D eigenvalue weighted by Gasteiger charge is -2.35. The van der Waals surface area contributed by atoms with Crippen LogP contribution >= 0.6 is 0 Å². The van der Waals surface area contributed by atoms with Gasteiger partial charge in [0.2, 0.25) is 0 Å². The van der Waals surface area contributed by atoms with Crippen LogP contribution in [0.3, 0.4) is 0 Å². The summed E-state index contributed by atoms with van der Waals surface area (Å²) in [5.41, 5.74) is 0. The van der Waals surface area contributed by atoms with Gasteiger partial charge in [-0.15, -0.1) is 5.01 Å². The quantitative estimate of drug-likeness (QED) is 0.605. The Kier molecular flexibility index (Phi) is 2.39. The number of hydrogen-bond acceptors (Lipinski definition) is 2. The molecule has 4 heteroatoms. The van der Waals surface area contributed by atoms with Crippen LogP contribution < -0.4 is 0 Å². The van der Waals surface area contributed by atoms with Crippen molar-refractivity contribution >= 4 is 5.97 Å². The van der Waals surface area contributed by atoms with Crippen molar-refractivity contribution in [1.29, 1.82) is 0 Å². The van der Waals surface area contributed by atoms with Gasteiger partial charge in [-0.3, -0.25) is 4.79 Å². The molecule has 0 amide bonds. The van der Waals surface area contributed by atoms with E-state index in [1.54, 1.807) is 0 Å².